The SMILES string of the molecule is CCOC(=O)/C(C#N)=C/Nc1cccc(NC(=O)COc2ccccc2)c1. The third-order valence-corrected chi connectivity index (χ3v) is 3.26. The normalized spacial score (nSPS) is 10.4. The van der Waals surface area contributed by atoms with Crippen LogP contribution < -0.4 is 15.4 Å². The highest BCUT2D eigenvalue weighted by Gasteiger charge is 2.09. The van der Waals surface area contributed by atoms with Crippen LogP contribution in [0, 0.1) is 11.3 Å². The van der Waals surface area contributed by atoms with Crippen LogP contribution in [0.5, 0.6) is 5.75 Å². The minimum Gasteiger partial charge on any atom is -0.484 e. The van der Waals surface area contributed by atoms with Gasteiger partial charge in [-0.3, -0.25) is 4.79 Å². The number of carbonyl (C=O) groups is 2. The number of para-hydroxylation sites is 1. The predicted molar refractivity (Wildman–Crippen MR) is 101 cm³/mol. The van der Waals surface area contributed by atoms with Gasteiger partial charge in [-0.2, -0.15) is 5.26 Å². The second kappa shape index (κ2) is 10.3. The van der Waals surface area contributed by atoms with Crippen LogP contribution in [-0.2, 0) is 14.3 Å². The van der Waals surface area contributed by atoms with Crippen molar-refractivity contribution in [1.29, 1.82) is 5.26 Å². The van der Waals surface area contributed by atoms with Crippen molar-refractivity contribution >= 4 is 23.3 Å². The average molecular weight is 365 g/mol. The van der Waals surface area contributed by atoms with Crippen molar-refractivity contribution in [2.45, 2.75) is 6.92 Å². The Morgan fingerprint density at radius 2 is 1.85 bits per heavy atom. The van der Waals surface area contributed by atoms with Crippen LogP contribution in [0.2, 0.25) is 0 Å². The summed E-state index contributed by atoms with van der Waals surface area (Å²) in [4.78, 5) is 23.6. The number of esters is 1. The Balaban J connectivity index is 1.93. The van der Waals surface area contributed by atoms with E-state index >= 15 is 0 Å². The molecule has 0 aliphatic carbocycles. The first kappa shape index (κ1) is 19.5. The zero-order chi connectivity index (χ0) is 19.5. The van der Waals surface area contributed by atoms with E-state index in [4.69, 9.17) is 14.7 Å². The van der Waals surface area contributed by atoms with E-state index in [0.29, 0.717) is 17.1 Å². The fourth-order valence-corrected chi connectivity index (χ4v) is 2.05. The molecule has 0 heterocycles. The van der Waals surface area contributed by atoms with Crippen LogP contribution in [0.25, 0.3) is 0 Å². The lowest BCUT2D eigenvalue weighted by atomic mass is 10.2. The molecule has 27 heavy (non-hydrogen) atoms. The van der Waals surface area contributed by atoms with E-state index in [2.05, 4.69) is 10.6 Å². The molecule has 0 radical (unpaired) electrons. The van der Waals surface area contributed by atoms with Crippen molar-refractivity contribution in [2.24, 2.45) is 0 Å². The molecule has 138 valence electrons. The second-order valence-corrected chi connectivity index (χ2v) is 5.27. The summed E-state index contributed by atoms with van der Waals surface area (Å²) in [6.45, 7) is 1.72. The van der Waals surface area contributed by atoms with Crippen molar-refractivity contribution in [1.82, 2.24) is 0 Å². The van der Waals surface area contributed by atoms with Crippen LogP contribution >= 0.6 is 0 Å². The molecular weight excluding hydrogens is 346 g/mol. The third kappa shape index (κ3) is 6.55. The summed E-state index contributed by atoms with van der Waals surface area (Å²) in [6, 6.07) is 17.6. The van der Waals surface area contributed by atoms with Gasteiger partial charge >= 0.3 is 5.97 Å². The molecule has 0 saturated carbocycles. The summed E-state index contributed by atoms with van der Waals surface area (Å²) in [5.41, 5.74) is 0.987. The lowest BCUT2D eigenvalue weighted by molar-refractivity contribution is -0.138. The number of anilines is 2. The van der Waals surface area contributed by atoms with Crippen LogP contribution in [0.3, 0.4) is 0 Å². The molecule has 2 N–H and O–H groups in total. The Kier molecular flexibility index (Phi) is 7.42. The Morgan fingerprint density at radius 1 is 1.11 bits per heavy atom. The Bertz CT molecular complexity index is 857. The van der Waals surface area contributed by atoms with Crippen molar-refractivity contribution in [3.63, 3.8) is 0 Å². The monoisotopic (exact) mass is 365 g/mol. The lowest BCUT2D eigenvalue weighted by Gasteiger charge is -2.09. The highest BCUT2D eigenvalue weighted by atomic mass is 16.5. The van der Waals surface area contributed by atoms with Gasteiger partial charge in [-0.05, 0) is 37.3 Å². The van der Waals surface area contributed by atoms with Gasteiger partial charge in [-0.15, -0.1) is 0 Å². The van der Waals surface area contributed by atoms with E-state index in [1.54, 1.807) is 49.4 Å². The maximum Gasteiger partial charge on any atom is 0.350 e. The number of benzene rings is 2. The number of carbonyl (C=O) groups excluding carboxylic acids is 2. The Morgan fingerprint density at radius 3 is 2.56 bits per heavy atom. The summed E-state index contributed by atoms with van der Waals surface area (Å²) in [5, 5.41) is 14.6. The van der Waals surface area contributed by atoms with Gasteiger partial charge in [0, 0.05) is 17.6 Å². The minimum absolute atomic E-state index is 0.122. The molecule has 0 unspecified atom stereocenters. The predicted octanol–water partition coefficient (Wildman–Crippen LogP) is 3.09. The molecule has 0 saturated heterocycles. The molecule has 2 rings (SSSR count). The lowest BCUT2D eigenvalue weighted by Crippen LogP contribution is -2.20. The van der Waals surface area contributed by atoms with Gasteiger partial charge in [0.2, 0.25) is 0 Å². The van der Waals surface area contributed by atoms with E-state index in [-0.39, 0.29) is 24.7 Å². The molecule has 0 aliphatic heterocycles. The van der Waals surface area contributed by atoms with Crippen molar-refractivity contribution in [2.75, 3.05) is 23.8 Å². The number of rotatable bonds is 8. The van der Waals surface area contributed by atoms with Gasteiger partial charge in [-0.1, -0.05) is 24.3 Å². The summed E-state index contributed by atoms with van der Waals surface area (Å²) in [5.74, 6) is -0.401. The minimum atomic E-state index is -0.699. The van der Waals surface area contributed by atoms with Crippen LogP contribution in [-0.4, -0.2) is 25.1 Å². The molecule has 2 aromatic carbocycles. The topological polar surface area (TPSA) is 100 Å². The van der Waals surface area contributed by atoms with Gasteiger partial charge in [0.15, 0.2) is 12.2 Å². The van der Waals surface area contributed by atoms with E-state index in [0.717, 1.165) is 0 Å². The number of nitrogens with one attached hydrogen (secondary N) is 2. The van der Waals surface area contributed by atoms with E-state index in [1.165, 1.54) is 6.20 Å². The fourth-order valence-electron chi connectivity index (χ4n) is 2.05. The molecule has 0 aromatic heterocycles. The highest BCUT2D eigenvalue weighted by Crippen LogP contribution is 2.16. The summed E-state index contributed by atoms with van der Waals surface area (Å²) in [7, 11) is 0. The van der Waals surface area contributed by atoms with Crippen molar-refractivity contribution < 1.29 is 19.1 Å². The first-order valence-corrected chi connectivity index (χ1v) is 8.24. The zero-order valence-electron chi connectivity index (χ0n) is 14.8. The smallest absolute Gasteiger partial charge is 0.350 e. The van der Waals surface area contributed by atoms with Gasteiger partial charge in [-0.25, -0.2) is 4.79 Å². The Hall–Kier alpha value is -3.79. The number of amides is 1. The number of hydrogen-bond acceptors (Lipinski definition) is 6. The van der Waals surface area contributed by atoms with Gasteiger partial charge in [0.25, 0.3) is 5.91 Å². The Labute approximate surface area is 157 Å². The van der Waals surface area contributed by atoms with Crippen LogP contribution in [0.4, 0.5) is 11.4 Å². The van der Waals surface area contributed by atoms with E-state index < -0.39 is 5.97 Å². The molecule has 0 spiro atoms. The largest absolute Gasteiger partial charge is 0.484 e. The van der Waals surface area contributed by atoms with Crippen LogP contribution in [0.1, 0.15) is 6.92 Å². The number of hydrogen-bond donors (Lipinski definition) is 2. The third-order valence-electron chi connectivity index (χ3n) is 3.26. The van der Waals surface area contributed by atoms with Crippen LogP contribution in [0.15, 0.2) is 66.4 Å². The molecule has 7 nitrogen and oxygen atoms in total. The summed E-state index contributed by atoms with van der Waals surface area (Å²) >= 11 is 0. The first-order valence-electron chi connectivity index (χ1n) is 8.24. The molecule has 0 bridgehead atoms. The molecule has 7 heteroatoms. The summed E-state index contributed by atoms with van der Waals surface area (Å²) < 4.78 is 10.2. The zero-order valence-corrected chi connectivity index (χ0v) is 14.8. The van der Waals surface area contributed by atoms with Gasteiger partial charge < -0.3 is 20.1 Å². The highest BCUT2D eigenvalue weighted by molar-refractivity contribution is 5.93. The average Bonchev–Trinajstić information content (AvgIpc) is 2.68. The maximum atomic E-state index is 12.0. The quantitative estimate of drug-likeness (QED) is 0.424. The summed E-state index contributed by atoms with van der Waals surface area (Å²) in [6.07, 6.45) is 1.26. The molecule has 0 atom stereocenters. The fraction of sp³-hybridized carbons (Fsp3) is 0.150. The maximum absolute atomic E-state index is 12.0. The molecule has 0 fully saturated rings. The van der Waals surface area contributed by atoms with E-state index in [1.807, 2.05) is 18.2 Å². The second-order valence-electron chi connectivity index (χ2n) is 5.27. The number of nitrogens with zero attached hydrogens (tertiary/aromatic N) is 1. The molecule has 1 amide bonds. The van der Waals surface area contributed by atoms with Crippen molar-refractivity contribution in [3.8, 4) is 11.8 Å². The van der Waals surface area contributed by atoms with E-state index in [9.17, 15) is 9.59 Å². The van der Waals surface area contributed by atoms with Crippen molar-refractivity contribution in [3.05, 3.63) is 66.4 Å². The molecule has 2 aromatic rings. The van der Waals surface area contributed by atoms with Gasteiger partial charge in [0.05, 0.1) is 6.61 Å². The number of nitriles is 1. The molecular formula is C20H19N3O4. The van der Waals surface area contributed by atoms with Gasteiger partial charge in [0.1, 0.15) is 11.8 Å². The standard InChI is InChI=1S/C20H19N3O4/c1-2-26-20(25)15(12-21)13-22-16-7-6-8-17(11-16)23-19(24)14-27-18-9-4-3-5-10-18/h3-11,13,22H,2,14H2,1H3,(H,23,24)/b15-13+. The first-order chi connectivity index (χ1) is 13.1. The molecule has 0 aliphatic rings. The number of ether oxygens (including phenoxy) is 2.